The van der Waals surface area contributed by atoms with E-state index in [0.29, 0.717) is 6.04 Å². The Hall–Kier alpha value is -1.02. The summed E-state index contributed by atoms with van der Waals surface area (Å²) in [5.41, 5.74) is 2.19. The standard InChI is InChI=1S/C14H23NO/c1-5-6-11(2)15(4)14-9-7-13(8-10-14)12(3)16/h7-12,16H,5-6H2,1-4H3/t11?,12-/m0/s1. The molecule has 0 saturated carbocycles. The zero-order chi connectivity index (χ0) is 12.1. The molecular weight excluding hydrogens is 198 g/mol. The van der Waals surface area contributed by atoms with E-state index in [1.165, 1.54) is 18.5 Å². The zero-order valence-electron chi connectivity index (χ0n) is 10.8. The highest BCUT2D eigenvalue weighted by atomic mass is 16.3. The van der Waals surface area contributed by atoms with Gasteiger partial charge in [-0.3, -0.25) is 0 Å². The molecule has 1 N–H and O–H groups in total. The largest absolute Gasteiger partial charge is 0.389 e. The van der Waals surface area contributed by atoms with Gasteiger partial charge in [0.05, 0.1) is 6.10 Å². The predicted octanol–water partition coefficient (Wildman–Crippen LogP) is 3.36. The Bertz CT molecular complexity index is 305. The van der Waals surface area contributed by atoms with Crippen LogP contribution in [0.4, 0.5) is 5.69 Å². The predicted molar refractivity (Wildman–Crippen MR) is 69.8 cm³/mol. The first-order valence-electron chi connectivity index (χ1n) is 6.07. The highest BCUT2D eigenvalue weighted by Gasteiger charge is 2.09. The van der Waals surface area contributed by atoms with Crippen LogP contribution in [-0.4, -0.2) is 18.2 Å². The first-order valence-corrected chi connectivity index (χ1v) is 6.07. The highest BCUT2D eigenvalue weighted by molar-refractivity contribution is 5.47. The van der Waals surface area contributed by atoms with Gasteiger partial charge >= 0.3 is 0 Å². The van der Waals surface area contributed by atoms with Crippen LogP contribution in [0.5, 0.6) is 0 Å². The molecule has 90 valence electrons. The van der Waals surface area contributed by atoms with Crippen LogP contribution >= 0.6 is 0 Å². The minimum atomic E-state index is -0.382. The fourth-order valence-corrected chi connectivity index (χ4v) is 1.85. The third-order valence-electron chi connectivity index (χ3n) is 3.15. The van der Waals surface area contributed by atoms with Gasteiger partial charge in [-0.1, -0.05) is 25.5 Å². The fourth-order valence-electron chi connectivity index (χ4n) is 1.85. The number of rotatable bonds is 5. The van der Waals surface area contributed by atoms with Gasteiger partial charge in [-0.15, -0.1) is 0 Å². The molecule has 0 spiro atoms. The molecule has 1 aromatic carbocycles. The quantitative estimate of drug-likeness (QED) is 0.824. The van der Waals surface area contributed by atoms with Crippen LogP contribution in [0.2, 0.25) is 0 Å². The first kappa shape index (κ1) is 13.0. The normalized spacial score (nSPS) is 14.6. The van der Waals surface area contributed by atoms with Gasteiger partial charge < -0.3 is 10.0 Å². The maximum atomic E-state index is 9.43. The molecule has 0 aliphatic heterocycles. The Morgan fingerprint density at radius 1 is 1.19 bits per heavy atom. The third kappa shape index (κ3) is 3.24. The maximum Gasteiger partial charge on any atom is 0.0761 e. The summed E-state index contributed by atoms with van der Waals surface area (Å²) in [6, 6.07) is 8.70. The number of benzene rings is 1. The molecule has 0 radical (unpaired) electrons. The molecule has 0 aromatic heterocycles. The molecule has 0 heterocycles. The van der Waals surface area contributed by atoms with Crippen molar-refractivity contribution in [3.8, 4) is 0 Å². The summed E-state index contributed by atoms with van der Waals surface area (Å²) in [6.07, 6.45) is 2.03. The minimum Gasteiger partial charge on any atom is -0.389 e. The van der Waals surface area contributed by atoms with Crippen molar-refractivity contribution < 1.29 is 5.11 Å². The van der Waals surface area contributed by atoms with Crippen molar-refractivity contribution in [1.29, 1.82) is 0 Å². The molecule has 0 aliphatic carbocycles. The van der Waals surface area contributed by atoms with Crippen molar-refractivity contribution in [1.82, 2.24) is 0 Å². The zero-order valence-corrected chi connectivity index (χ0v) is 10.8. The molecule has 0 amide bonds. The average molecular weight is 221 g/mol. The van der Waals surface area contributed by atoms with E-state index in [1.54, 1.807) is 6.92 Å². The van der Waals surface area contributed by atoms with Gasteiger partial charge in [0.2, 0.25) is 0 Å². The van der Waals surface area contributed by atoms with Crippen LogP contribution in [0, 0.1) is 0 Å². The monoisotopic (exact) mass is 221 g/mol. The van der Waals surface area contributed by atoms with E-state index >= 15 is 0 Å². The second-order valence-corrected chi connectivity index (χ2v) is 4.52. The van der Waals surface area contributed by atoms with Crippen LogP contribution in [0.25, 0.3) is 0 Å². The molecule has 0 bridgehead atoms. The number of anilines is 1. The van der Waals surface area contributed by atoms with Crippen molar-refractivity contribution in [2.24, 2.45) is 0 Å². The molecule has 2 heteroatoms. The Morgan fingerprint density at radius 3 is 2.19 bits per heavy atom. The Labute approximate surface area is 98.9 Å². The number of nitrogens with zero attached hydrogens (tertiary/aromatic N) is 1. The van der Waals surface area contributed by atoms with Gasteiger partial charge in [-0.25, -0.2) is 0 Å². The van der Waals surface area contributed by atoms with Crippen molar-refractivity contribution in [3.05, 3.63) is 29.8 Å². The molecular formula is C14H23NO. The summed E-state index contributed by atoms with van der Waals surface area (Å²) in [7, 11) is 2.12. The van der Waals surface area contributed by atoms with E-state index in [1.807, 2.05) is 12.1 Å². The van der Waals surface area contributed by atoms with Gasteiger partial charge in [0, 0.05) is 18.8 Å². The van der Waals surface area contributed by atoms with E-state index in [2.05, 4.69) is 37.9 Å². The second-order valence-electron chi connectivity index (χ2n) is 4.52. The summed E-state index contributed by atoms with van der Waals surface area (Å²) >= 11 is 0. The van der Waals surface area contributed by atoms with Gasteiger partial charge in [-0.2, -0.15) is 0 Å². The molecule has 1 aromatic rings. The summed E-state index contributed by atoms with van der Waals surface area (Å²) in [4.78, 5) is 2.29. The van der Waals surface area contributed by atoms with Gasteiger partial charge in [-0.05, 0) is 38.0 Å². The van der Waals surface area contributed by atoms with E-state index in [0.717, 1.165) is 5.56 Å². The van der Waals surface area contributed by atoms with Gasteiger partial charge in [0.15, 0.2) is 0 Å². The van der Waals surface area contributed by atoms with E-state index in [4.69, 9.17) is 0 Å². The SMILES string of the molecule is CCCC(C)N(C)c1ccc([C@H](C)O)cc1. The Morgan fingerprint density at radius 2 is 1.75 bits per heavy atom. The fraction of sp³-hybridized carbons (Fsp3) is 0.571. The molecule has 2 nitrogen and oxygen atoms in total. The lowest BCUT2D eigenvalue weighted by molar-refractivity contribution is 0.199. The molecule has 1 unspecified atom stereocenters. The highest BCUT2D eigenvalue weighted by Crippen LogP contribution is 2.20. The van der Waals surface area contributed by atoms with Gasteiger partial charge in [0.25, 0.3) is 0 Å². The third-order valence-corrected chi connectivity index (χ3v) is 3.15. The Kier molecular flexibility index (Phi) is 4.81. The number of hydrogen-bond donors (Lipinski definition) is 1. The summed E-state index contributed by atoms with van der Waals surface area (Å²) < 4.78 is 0. The molecule has 2 atom stereocenters. The number of hydrogen-bond acceptors (Lipinski definition) is 2. The lowest BCUT2D eigenvalue weighted by Crippen LogP contribution is -2.28. The molecule has 16 heavy (non-hydrogen) atoms. The Balaban J connectivity index is 2.73. The number of aliphatic hydroxyl groups excluding tert-OH is 1. The van der Waals surface area contributed by atoms with Crippen molar-refractivity contribution >= 4 is 5.69 Å². The summed E-state index contributed by atoms with van der Waals surface area (Å²) in [5, 5.41) is 9.43. The topological polar surface area (TPSA) is 23.5 Å². The van der Waals surface area contributed by atoms with Crippen LogP contribution in [0.1, 0.15) is 45.3 Å². The minimum absolute atomic E-state index is 0.382. The van der Waals surface area contributed by atoms with Crippen LogP contribution in [0.15, 0.2) is 24.3 Å². The van der Waals surface area contributed by atoms with E-state index < -0.39 is 0 Å². The van der Waals surface area contributed by atoms with Crippen LogP contribution < -0.4 is 4.90 Å². The van der Waals surface area contributed by atoms with E-state index in [9.17, 15) is 5.11 Å². The van der Waals surface area contributed by atoms with Crippen molar-refractivity contribution in [3.63, 3.8) is 0 Å². The van der Waals surface area contributed by atoms with Gasteiger partial charge in [0.1, 0.15) is 0 Å². The molecule has 0 aliphatic rings. The lowest BCUT2D eigenvalue weighted by atomic mass is 10.1. The van der Waals surface area contributed by atoms with Crippen molar-refractivity contribution in [2.75, 3.05) is 11.9 Å². The summed E-state index contributed by atoms with van der Waals surface area (Å²) in [6.45, 7) is 6.24. The molecule has 0 fully saturated rings. The molecule has 0 saturated heterocycles. The lowest BCUT2D eigenvalue weighted by Gasteiger charge is -2.27. The van der Waals surface area contributed by atoms with Crippen LogP contribution in [-0.2, 0) is 0 Å². The number of aliphatic hydroxyl groups is 1. The smallest absolute Gasteiger partial charge is 0.0761 e. The average Bonchev–Trinajstić information content (AvgIpc) is 2.28. The summed E-state index contributed by atoms with van der Waals surface area (Å²) in [5.74, 6) is 0. The molecule has 1 rings (SSSR count). The van der Waals surface area contributed by atoms with E-state index in [-0.39, 0.29) is 6.10 Å². The van der Waals surface area contributed by atoms with Crippen LogP contribution in [0.3, 0.4) is 0 Å². The maximum absolute atomic E-state index is 9.43. The first-order chi connectivity index (χ1) is 7.56. The van der Waals surface area contributed by atoms with Crippen molar-refractivity contribution in [2.45, 2.75) is 45.8 Å². The second kappa shape index (κ2) is 5.90.